The van der Waals surface area contributed by atoms with E-state index in [1.165, 1.54) is 25.7 Å². The molecule has 0 aliphatic heterocycles. The molecule has 0 spiro atoms. The van der Waals surface area contributed by atoms with Crippen LogP contribution in [-0.2, 0) is 0 Å². The van der Waals surface area contributed by atoms with Crippen molar-refractivity contribution in [2.45, 2.75) is 49.4 Å². The summed E-state index contributed by atoms with van der Waals surface area (Å²) in [5.41, 5.74) is 0. The van der Waals surface area contributed by atoms with E-state index < -0.39 is 0 Å². The monoisotopic (exact) mass is 304 g/mol. The minimum Gasteiger partial charge on any atom is -0.354 e. The summed E-state index contributed by atoms with van der Waals surface area (Å²) in [7, 11) is 0. The number of thioether (sulfide) groups is 1. The van der Waals surface area contributed by atoms with Crippen LogP contribution in [0.1, 0.15) is 39.0 Å². The molecule has 21 heavy (non-hydrogen) atoms. The van der Waals surface area contributed by atoms with Crippen molar-refractivity contribution in [3.05, 3.63) is 18.5 Å². The summed E-state index contributed by atoms with van der Waals surface area (Å²) >= 11 is 1.77. The zero-order valence-electron chi connectivity index (χ0n) is 12.2. The number of rotatable bonds is 6. The molecule has 6 nitrogen and oxygen atoms in total. The van der Waals surface area contributed by atoms with Crippen molar-refractivity contribution in [2.75, 3.05) is 11.9 Å². The molecule has 1 saturated carbocycles. The molecule has 2 aromatic rings. The highest BCUT2D eigenvalue weighted by Gasteiger charge is 2.19. The normalized spacial score (nSPS) is 15.5. The Morgan fingerprint density at radius 1 is 1.29 bits per heavy atom. The van der Waals surface area contributed by atoms with Gasteiger partial charge in [-0.2, -0.15) is 20.1 Å². The van der Waals surface area contributed by atoms with E-state index in [9.17, 15) is 0 Å². The maximum absolute atomic E-state index is 4.55. The van der Waals surface area contributed by atoms with E-state index in [1.807, 2.05) is 12.3 Å². The topological polar surface area (TPSA) is 68.5 Å². The summed E-state index contributed by atoms with van der Waals surface area (Å²) in [5, 5.41) is 8.88. The fraction of sp³-hybridized carbons (Fsp3) is 0.571. The second-order valence-electron chi connectivity index (χ2n) is 5.14. The Kier molecular flexibility index (Phi) is 4.69. The van der Waals surface area contributed by atoms with Crippen LogP contribution in [0.4, 0.5) is 5.95 Å². The molecule has 1 aliphatic carbocycles. The van der Waals surface area contributed by atoms with Gasteiger partial charge < -0.3 is 5.32 Å². The van der Waals surface area contributed by atoms with Gasteiger partial charge in [0, 0.05) is 24.2 Å². The van der Waals surface area contributed by atoms with Gasteiger partial charge in [0.15, 0.2) is 5.16 Å². The van der Waals surface area contributed by atoms with E-state index in [1.54, 1.807) is 22.6 Å². The van der Waals surface area contributed by atoms with Crippen LogP contribution in [0.15, 0.2) is 23.6 Å². The maximum Gasteiger partial charge on any atom is 0.256 e. The molecule has 0 amide bonds. The van der Waals surface area contributed by atoms with Gasteiger partial charge in [-0.15, -0.1) is 0 Å². The van der Waals surface area contributed by atoms with Crippen LogP contribution in [0.3, 0.4) is 0 Å². The predicted octanol–water partition coefficient (Wildman–Crippen LogP) is 2.91. The fourth-order valence-corrected chi connectivity index (χ4v) is 3.50. The molecule has 2 heterocycles. The Labute approximate surface area is 128 Å². The molecule has 1 fully saturated rings. The van der Waals surface area contributed by atoms with Crippen molar-refractivity contribution in [1.29, 1.82) is 0 Å². The van der Waals surface area contributed by atoms with Crippen molar-refractivity contribution in [2.24, 2.45) is 0 Å². The molecule has 0 radical (unpaired) electrons. The average Bonchev–Trinajstić information content (AvgIpc) is 3.18. The Hall–Kier alpha value is -1.63. The lowest BCUT2D eigenvalue weighted by molar-refractivity contribution is 0.755. The SMILES string of the molecule is CCCNc1nc(SC2CCCC2)nc(-n2cccn2)n1. The van der Waals surface area contributed by atoms with Gasteiger partial charge in [0.2, 0.25) is 5.95 Å². The molecule has 2 aromatic heterocycles. The Balaban J connectivity index is 1.84. The van der Waals surface area contributed by atoms with Gasteiger partial charge in [0.05, 0.1) is 0 Å². The number of aromatic nitrogens is 5. The van der Waals surface area contributed by atoms with E-state index in [-0.39, 0.29) is 0 Å². The quantitative estimate of drug-likeness (QED) is 0.885. The van der Waals surface area contributed by atoms with Crippen molar-refractivity contribution in [3.8, 4) is 5.95 Å². The van der Waals surface area contributed by atoms with Gasteiger partial charge in [-0.25, -0.2) is 4.68 Å². The van der Waals surface area contributed by atoms with Gasteiger partial charge in [0.25, 0.3) is 5.95 Å². The van der Waals surface area contributed by atoms with Gasteiger partial charge in [-0.05, 0) is 25.3 Å². The molecule has 112 valence electrons. The summed E-state index contributed by atoms with van der Waals surface area (Å²) in [6.07, 6.45) is 9.76. The first-order valence-electron chi connectivity index (χ1n) is 7.52. The summed E-state index contributed by atoms with van der Waals surface area (Å²) < 4.78 is 1.68. The lowest BCUT2D eigenvalue weighted by Gasteiger charge is -2.10. The molecule has 0 atom stereocenters. The molecule has 3 rings (SSSR count). The summed E-state index contributed by atoms with van der Waals surface area (Å²) in [4.78, 5) is 13.5. The second-order valence-corrected chi connectivity index (χ2v) is 6.41. The third-order valence-corrected chi connectivity index (χ3v) is 4.62. The number of nitrogens with zero attached hydrogens (tertiary/aromatic N) is 5. The molecular formula is C14H20N6S. The highest BCUT2D eigenvalue weighted by atomic mass is 32.2. The van der Waals surface area contributed by atoms with Gasteiger partial charge in [-0.1, -0.05) is 31.5 Å². The van der Waals surface area contributed by atoms with Crippen molar-refractivity contribution < 1.29 is 0 Å². The van der Waals surface area contributed by atoms with Gasteiger partial charge >= 0.3 is 0 Å². The Bertz CT molecular complexity index is 565. The zero-order chi connectivity index (χ0) is 14.5. The van der Waals surface area contributed by atoms with Crippen LogP contribution in [0.25, 0.3) is 5.95 Å². The van der Waals surface area contributed by atoms with E-state index in [2.05, 4.69) is 32.3 Å². The van der Waals surface area contributed by atoms with Crippen LogP contribution in [0.2, 0.25) is 0 Å². The molecule has 1 aliphatic rings. The lowest BCUT2D eigenvalue weighted by atomic mass is 10.4. The summed E-state index contributed by atoms with van der Waals surface area (Å²) in [6.45, 7) is 2.98. The molecule has 1 N–H and O–H groups in total. The first kappa shape index (κ1) is 14.3. The van der Waals surface area contributed by atoms with E-state index in [0.717, 1.165) is 18.1 Å². The lowest BCUT2D eigenvalue weighted by Crippen LogP contribution is -2.11. The molecule has 0 saturated heterocycles. The molecule has 0 bridgehead atoms. The largest absolute Gasteiger partial charge is 0.354 e. The average molecular weight is 304 g/mol. The Morgan fingerprint density at radius 2 is 2.14 bits per heavy atom. The van der Waals surface area contributed by atoms with Crippen molar-refractivity contribution >= 4 is 17.7 Å². The third-order valence-electron chi connectivity index (χ3n) is 3.42. The Morgan fingerprint density at radius 3 is 2.86 bits per heavy atom. The minimum atomic E-state index is 0.578. The number of anilines is 1. The summed E-state index contributed by atoms with van der Waals surface area (Å²) in [6, 6.07) is 1.87. The number of hydrogen-bond acceptors (Lipinski definition) is 6. The van der Waals surface area contributed by atoms with Crippen LogP contribution in [-0.4, -0.2) is 36.5 Å². The minimum absolute atomic E-state index is 0.578. The van der Waals surface area contributed by atoms with E-state index in [0.29, 0.717) is 17.1 Å². The standard InChI is InChI=1S/C14H20N6S/c1-2-8-15-12-17-13(20-10-5-9-16-20)19-14(18-12)21-11-6-3-4-7-11/h5,9-11H,2-4,6-8H2,1H3,(H,15,17,18,19). The smallest absolute Gasteiger partial charge is 0.256 e. The second kappa shape index (κ2) is 6.89. The summed E-state index contributed by atoms with van der Waals surface area (Å²) in [5.74, 6) is 1.21. The molecule has 7 heteroatoms. The first-order valence-corrected chi connectivity index (χ1v) is 8.39. The van der Waals surface area contributed by atoms with Gasteiger partial charge in [0.1, 0.15) is 0 Å². The number of nitrogens with one attached hydrogen (secondary N) is 1. The highest BCUT2D eigenvalue weighted by Crippen LogP contribution is 2.33. The van der Waals surface area contributed by atoms with Crippen LogP contribution >= 0.6 is 11.8 Å². The third kappa shape index (κ3) is 3.72. The maximum atomic E-state index is 4.55. The fourth-order valence-electron chi connectivity index (χ4n) is 2.36. The van der Waals surface area contributed by atoms with Crippen molar-refractivity contribution in [3.63, 3.8) is 0 Å². The molecular weight excluding hydrogens is 284 g/mol. The van der Waals surface area contributed by atoms with Gasteiger partial charge in [-0.3, -0.25) is 0 Å². The highest BCUT2D eigenvalue weighted by molar-refractivity contribution is 7.99. The van der Waals surface area contributed by atoms with E-state index in [4.69, 9.17) is 0 Å². The first-order chi connectivity index (χ1) is 10.3. The number of hydrogen-bond donors (Lipinski definition) is 1. The van der Waals surface area contributed by atoms with Crippen LogP contribution in [0.5, 0.6) is 0 Å². The van der Waals surface area contributed by atoms with Crippen LogP contribution in [0, 0.1) is 0 Å². The zero-order valence-corrected chi connectivity index (χ0v) is 13.0. The van der Waals surface area contributed by atoms with Crippen LogP contribution < -0.4 is 5.32 Å². The molecule has 0 unspecified atom stereocenters. The predicted molar refractivity (Wildman–Crippen MR) is 83.8 cm³/mol. The van der Waals surface area contributed by atoms with Crippen molar-refractivity contribution in [1.82, 2.24) is 24.7 Å². The molecule has 0 aromatic carbocycles. The van der Waals surface area contributed by atoms with E-state index >= 15 is 0 Å².